The summed E-state index contributed by atoms with van der Waals surface area (Å²) in [7, 11) is -2.05. The number of nitrogens with zero attached hydrogens (tertiary/aromatic N) is 2. The molecule has 3 aromatic rings. The Hall–Kier alpha value is -3.37. The molecule has 0 bridgehead atoms. The van der Waals surface area contributed by atoms with E-state index < -0.39 is 16.1 Å². The summed E-state index contributed by atoms with van der Waals surface area (Å²) in [5, 5.41) is 2.98. The number of hydrogen-bond acceptors (Lipinski definition) is 5. The van der Waals surface area contributed by atoms with Crippen molar-refractivity contribution in [1.29, 1.82) is 0 Å². The molecule has 0 aliphatic rings. The van der Waals surface area contributed by atoms with Crippen LogP contribution in [0.5, 0.6) is 5.75 Å². The molecule has 0 radical (unpaired) electrons. The maximum atomic E-state index is 13.9. The van der Waals surface area contributed by atoms with E-state index in [1.165, 1.54) is 4.31 Å². The lowest BCUT2D eigenvalue weighted by atomic mass is 10.0. The number of carbonyl (C=O) groups excluding carboxylic acids is 2. The number of halogens is 1. The van der Waals surface area contributed by atoms with Gasteiger partial charge in [-0.15, -0.1) is 0 Å². The van der Waals surface area contributed by atoms with Gasteiger partial charge in [0.25, 0.3) is 0 Å². The zero-order valence-corrected chi connectivity index (χ0v) is 26.3. The molecule has 0 saturated carbocycles. The molecule has 1 N–H and O–H groups in total. The number of nitrogens with one attached hydrogen (secondary N) is 1. The first-order valence-electron chi connectivity index (χ1n) is 13.5. The second-order valence-corrected chi connectivity index (χ2v) is 13.0. The average molecular weight is 645 g/mol. The zero-order chi connectivity index (χ0) is 30.0. The number of ether oxygens (including phenoxy) is 1. The standard InChI is InChI=1S/C31H38BrN3O5S/c1-23(2)33-31(37)29(21-24-10-6-5-7-11-24)34(22-25-12-8-13-26(32)20-25)30(36)14-9-19-35(41(4,38)39)27-15-17-28(40-3)18-16-27/h5-8,10-13,15-18,20,23,29H,9,14,19,21-22H2,1-4H3,(H,33,37)/t29-/m1/s1. The first-order valence-corrected chi connectivity index (χ1v) is 16.1. The van der Waals surface area contributed by atoms with Crippen molar-refractivity contribution in [2.75, 3.05) is 24.2 Å². The molecule has 1 atom stereocenters. The van der Waals surface area contributed by atoms with Crippen LogP contribution in [0, 0.1) is 0 Å². The van der Waals surface area contributed by atoms with Crippen molar-refractivity contribution in [2.45, 2.75) is 51.7 Å². The van der Waals surface area contributed by atoms with Gasteiger partial charge >= 0.3 is 0 Å². The molecule has 0 fully saturated rings. The minimum atomic E-state index is -3.59. The van der Waals surface area contributed by atoms with Crippen LogP contribution >= 0.6 is 15.9 Å². The number of rotatable bonds is 14. The van der Waals surface area contributed by atoms with E-state index in [0.717, 1.165) is 21.9 Å². The van der Waals surface area contributed by atoms with E-state index in [0.29, 0.717) is 17.9 Å². The van der Waals surface area contributed by atoms with E-state index in [2.05, 4.69) is 21.2 Å². The Labute approximate surface area is 251 Å². The second kappa shape index (κ2) is 15.0. The smallest absolute Gasteiger partial charge is 0.243 e. The Morgan fingerprint density at radius 2 is 1.61 bits per heavy atom. The van der Waals surface area contributed by atoms with Crippen molar-refractivity contribution >= 4 is 43.5 Å². The Morgan fingerprint density at radius 1 is 0.951 bits per heavy atom. The highest BCUT2D eigenvalue weighted by molar-refractivity contribution is 9.10. The van der Waals surface area contributed by atoms with Crippen molar-refractivity contribution < 1.29 is 22.7 Å². The fourth-order valence-corrected chi connectivity index (χ4v) is 5.93. The second-order valence-electron chi connectivity index (χ2n) is 10.2. The van der Waals surface area contributed by atoms with E-state index >= 15 is 0 Å². The molecule has 3 aromatic carbocycles. The maximum Gasteiger partial charge on any atom is 0.243 e. The van der Waals surface area contributed by atoms with E-state index in [1.807, 2.05) is 68.4 Å². The minimum absolute atomic E-state index is 0.0659. The summed E-state index contributed by atoms with van der Waals surface area (Å²) in [6, 6.07) is 23.1. The number of methoxy groups -OCH3 is 1. The number of amides is 2. The number of sulfonamides is 1. The molecule has 0 heterocycles. The lowest BCUT2D eigenvalue weighted by molar-refractivity contribution is -0.141. The Bertz CT molecular complexity index is 1400. The predicted octanol–water partition coefficient (Wildman–Crippen LogP) is 5.17. The van der Waals surface area contributed by atoms with Crippen molar-refractivity contribution in [3.63, 3.8) is 0 Å². The van der Waals surface area contributed by atoms with Gasteiger partial charge in [0.1, 0.15) is 11.8 Å². The van der Waals surface area contributed by atoms with Crippen molar-refractivity contribution in [1.82, 2.24) is 10.2 Å². The topological polar surface area (TPSA) is 96.0 Å². The summed E-state index contributed by atoms with van der Waals surface area (Å²) in [4.78, 5) is 29.0. The van der Waals surface area contributed by atoms with Crippen LogP contribution in [0.15, 0.2) is 83.3 Å². The molecule has 8 nitrogen and oxygen atoms in total. The molecule has 10 heteroatoms. The van der Waals surface area contributed by atoms with Crippen LogP contribution in [0.3, 0.4) is 0 Å². The molecule has 0 spiro atoms. The van der Waals surface area contributed by atoms with Crippen LogP contribution in [0.25, 0.3) is 0 Å². The minimum Gasteiger partial charge on any atom is -0.497 e. The van der Waals surface area contributed by atoms with Gasteiger partial charge in [-0.05, 0) is 67.8 Å². The van der Waals surface area contributed by atoms with Gasteiger partial charge in [-0.1, -0.05) is 58.4 Å². The largest absolute Gasteiger partial charge is 0.497 e. The monoisotopic (exact) mass is 643 g/mol. The van der Waals surface area contributed by atoms with Gasteiger partial charge in [-0.25, -0.2) is 8.42 Å². The number of hydrogen-bond donors (Lipinski definition) is 1. The van der Waals surface area contributed by atoms with E-state index in [-0.39, 0.29) is 43.8 Å². The summed E-state index contributed by atoms with van der Waals surface area (Å²) >= 11 is 3.50. The predicted molar refractivity (Wildman–Crippen MR) is 166 cm³/mol. The van der Waals surface area contributed by atoms with Gasteiger partial charge in [0.05, 0.1) is 19.1 Å². The van der Waals surface area contributed by atoms with Crippen LogP contribution in [0.4, 0.5) is 5.69 Å². The van der Waals surface area contributed by atoms with E-state index in [9.17, 15) is 18.0 Å². The SMILES string of the molecule is COc1ccc(N(CCCC(=O)N(Cc2cccc(Br)c2)[C@H](Cc2ccccc2)C(=O)NC(C)C)S(C)(=O)=O)cc1. The third-order valence-corrected chi connectivity index (χ3v) is 8.14. The highest BCUT2D eigenvalue weighted by atomic mass is 79.9. The number of benzene rings is 3. The van der Waals surface area contributed by atoms with Crippen LogP contribution < -0.4 is 14.4 Å². The van der Waals surface area contributed by atoms with Gasteiger partial charge in [-0.2, -0.15) is 0 Å². The molecule has 0 aliphatic carbocycles. The van der Waals surface area contributed by atoms with Crippen LogP contribution in [0.2, 0.25) is 0 Å². The molecule has 0 saturated heterocycles. The summed E-state index contributed by atoms with van der Waals surface area (Å²) in [5.74, 6) is 0.154. The fraction of sp³-hybridized carbons (Fsp3) is 0.355. The highest BCUT2D eigenvalue weighted by Crippen LogP contribution is 2.23. The average Bonchev–Trinajstić information content (AvgIpc) is 2.92. The molecule has 0 aromatic heterocycles. The number of carbonyl (C=O) groups is 2. The summed E-state index contributed by atoms with van der Waals surface area (Å²) in [5.41, 5.74) is 2.30. The van der Waals surface area contributed by atoms with Gasteiger partial charge < -0.3 is 15.0 Å². The van der Waals surface area contributed by atoms with Gasteiger partial charge in [-0.3, -0.25) is 13.9 Å². The van der Waals surface area contributed by atoms with E-state index in [4.69, 9.17) is 4.74 Å². The van der Waals surface area contributed by atoms with E-state index in [1.54, 1.807) is 36.3 Å². The third-order valence-electron chi connectivity index (χ3n) is 6.46. The molecule has 220 valence electrons. The first-order chi connectivity index (χ1) is 19.5. The molecule has 41 heavy (non-hydrogen) atoms. The fourth-order valence-electron chi connectivity index (χ4n) is 4.52. The molecular formula is C31H38BrN3O5S. The molecule has 0 aliphatic heterocycles. The normalized spacial score (nSPS) is 12.0. The molecule has 0 unspecified atom stereocenters. The summed E-state index contributed by atoms with van der Waals surface area (Å²) in [6.45, 7) is 4.12. The Morgan fingerprint density at radius 3 is 2.20 bits per heavy atom. The lowest BCUT2D eigenvalue weighted by Crippen LogP contribution is -2.51. The summed E-state index contributed by atoms with van der Waals surface area (Å²) in [6.07, 6.45) is 1.83. The van der Waals surface area contributed by atoms with Crippen LogP contribution in [-0.2, 0) is 32.6 Å². The maximum absolute atomic E-state index is 13.9. The lowest BCUT2D eigenvalue weighted by Gasteiger charge is -2.32. The zero-order valence-electron chi connectivity index (χ0n) is 23.9. The Balaban J connectivity index is 1.87. The molecule has 2 amide bonds. The van der Waals surface area contributed by atoms with Crippen molar-refractivity contribution in [2.24, 2.45) is 0 Å². The van der Waals surface area contributed by atoms with Gasteiger partial charge in [0.15, 0.2) is 0 Å². The number of anilines is 1. The first kappa shape index (κ1) is 32.1. The third kappa shape index (κ3) is 9.89. The Kier molecular flexibility index (Phi) is 11.8. The van der Waals surface area contributed by atoms with Crippen molar-refractivity contribution in [3.8, 4) is 5.75 Å². The van der Waals surface area contributed by atoms with Crippen LogP contribution in [0.1, 0.15) is 37.8 Å². The van der Waals surface area contributed by atoms with Gasteiger partial charge in [0, 0.05) is 36.4 Å². The van der Waals surface area contributed by atoms with Crippen LogP contribution in [-0.4, -0.2) is 57.1 Å². The quantitative estimate of drug-likeness (QED) is 0.262. The molecular weight excluding hydrogens is 606 g/mol. The van der Waals surface area contributed by atoms with Crippen molar-refractivity contribution in [3.05, 3.63) is 94.5 Å². The summed E-state index contributed by atoms with van der Waals surface area (Å²) < 4.78 is 32.6. The molecule has 3 rings (SSSR count). The van der Waals surface area contributed by atoms with Gasteiger partial charge in [0.2, 0.25) is 21.8 Å². The highest BCUT2D eigenvalue weighted by Gasteiger charge is 2.31.